The van der Waals surface area contributed by atoms with E-state index in [0.717, 1.165) is 28.8 Å². The van der Waals surface area contributed by atoms with E-state index in [-0.39, 0.29) is 0 Å². The number of hydrogen-bond acceptors (Lipinski definition) is 2. The van der Waals surface area contributed by atoms with Crippen LogP contribution in [0.15, 0.2) is 22.7 Å². The molecule has 2 nitrogen and oxygen atoms in total. The van der Waals surface area contributed by atoms with Crippen LogP contribution in [0.25, 0.3) is 0 Å². The van der Waals surface area contributed by atoms with Crippen molar-refractivity contribution >= 4 is 38.8 Å². The minimum absolute atomic E-state index is 0.455. The first kappa shape index (κ1) is 18.4. The van der Waals surface area contributed by atoms with E-state index in [1.54, 1.807) is 0 Å². The second kappa shape index (κ2) is 8.74. The van der Waals surface area contributed by atoms with Crippen LogP contribution in [0.5, 0.6) is 0 Å². The summed E-state index contributed by atoms with van der Waals surface area (Å²) in [7, 11) is 0. The maximum absolute atomic E-state index is 5.94. The monoisotopic (exact) mass is 370 g/mol. The van der Waals surface area contributed by atoms with Gasteiger partial charge >= 0.3 is 0 Å². The Labute approximate surface area is 143 Å². The lowest BCUT2D eigenvalue weighted by Crippen LogP contribution is -2.30. The van der Waals surface area contributed by atoms with Crippen molar-refractivity contribution in [2.24, 2.45) is 17.6 Å². The molecule has 0 aliphatic carbocycles. The summed E-state index contributed by atoms with van der Waals surface area (Å²) >= 11 is 8.83. The molecule has 1 aromatic rings. The van der Waals surface area contributed by atoms with E-state index in [1.807, 2.05) is 6.07 Å². The van der Waals surface area contributed by atoms with Gasteiger partial charge in [-0.05, 0) is 52.7 Å². The second-order valence-corrected chi connectivity index (χ2v) is 7.64. The molecule has 0 spiro atoms. The summed E-state index contributed by atoms with van der Waals surface area (Å²) in [6.07, 6.45) is 2.34. The van der Waals surface area contributed by atoms with E-state index in [9.17, 15) is 0 Å². The van der Waals surface area contributed by atoms with Gasteiger partial charge in [-0.1, -0.05) is 46.0 Å². The molecule has 0 atom stereocenters. The van der Waals surface area contributed by atoms with E-state index in [0.29, 0.717) is 16.8 Å². The molecule has 1 aromatic carbocycles. The number of hydrogen-bond donors (Lipinski definition) is 1. The third-order valence-corrected chi connectivity index (χ3v) is 4.40. The molecule has 0 amide bonds. The van der Waals surface area contributed by atoms with Crippen molar-refractivity contribution in [1.29, 1.82) is 0 Å². The topological polar surface area (TPSA) is 29.3 Å². The Morgan fingerprint density at radius 2 is 1.67 bits per heavy atom. The van der Waals surface area contributed by atoms with Crippen molar-refractivity contribution in [1.82, 2.24) is 0 Å². The second-order valence-electron chi connectivity index (χ2n) is 6.35. The van der Waals surface area contributed by atoms with E-state index in [1.165, 1.54) is 12.8 Å². The molecule has 0 saturated heterocycles. The maximum atomic E-state index is 5.94. The Balaban J connectivity index is 3.06. The van der Waals surface area contributed by atoms with Crippen LogP contribution in [0.4, 0.5) is 5.69 Å². The minimum atomic E-state index is 0.455. The molecule has 21 heavy (non-hydrogen) atoms. The molecule has 0 saturated carbocycles. The van der Waals surface area contributed by atoms with Crippen LogP contribution in [-0.2, 0) is 0 Å². The molecular weight excluding hydrogens is 344 g/mol. The summed E-state index contributed by atoms with van der Waals surface area (Å²) < 4.78 is 0.978. The lowest BCUT2D eigenvalue weighted by atomic mass is 10.1. The zero-order valence-electron chi connectivity index (χ0n) is 13.5. The summed E-state index contributed by atoms with van der Waals surface area (Å²) in [6.45, 7) is 11.1. The molecule has 0 radical (unpaired) electrons. The van der Waals surface area contributed by atoms with Gasteiger partial charge in [-0.25, -0.2) is 0 Å². The Hall–Kier alpha value is -0.610. The number of rotatable bonds is 8. The lowest BCUT2D eigenvalue weighted by Gasteiger charge is -2.29. The summed E-state index contributed by atoms with van der Waals surface area (Å²) in [4.78, 5) is 2.88. The van der Waals surface area contributed by atoms with Gasteiger partial charge in [0.2, 0.25) is 0 Å². The van der Waals surface area contributed by atoms with Crippen molar-refractivity contribution in [2.75, 3.05) is 18.0 Å². The van der Waals surface area contributed by atoms with Crippen LogP contribution < -0.4 is 10.6 Å². The first-order valence-corrected chi connectivity index (χ1v) is 8.86. The number of nitrogens with two attached hydrogens (primary N) is 1. The standard InChI is InChI=1S/C17H27BrN2S/c1-12(2)8-10-20(11-9-13(3)4)15-7-5-6-14(18)16(15)17(19)21/h5-7,12-13H,8-11H2,1-4H3,(H2,19,21). The molecule has 0 aliphatic heterocycles. The molecule has 0 aromatic heterocycles. The lowest BCUT2D eigenvalue weighted by molar-refractivity contribution is 0.535. The number of thiocarbonyl (C=S) groups is 1. The van der Waals surface area contributed by atoms with E-state index < -0.39 is 0 Å². The van der Waals surface area contributed by atoms with Gasteiger partial charge < -0.3 is 10.6 Å². The average molecular weight is 371 g/mol. The van der Waals surface area contributed by atoms with E-state index in [4.69, 9.17) is 18.0 Å². The quantitative estimate of drug-likeness (QED) is 0.654. The highest BCUT2D eigenvalue weighted by Gasteiger charge is 2.16. The Morgan fingerprint density at radius 1 is 1.14 bits per heavy atom. The minimum Gasteiger partial charge on any atom is -0.389 e. The molecule has 1 rings (SSSR count). The van der Waals surface area contributed by atoms with Gasteiger partial charge in [0.05, 0.1) is 0 Å². The SMILES string of the molecule is CC(C)CCN(CCC(C)C)c1cccc(Br)c1C(N)=S. The van der Waals surface area contributed by atoms with Crippen LogP contribution in [0.3, 0.4) is 0 Å². The highest BCUT2D eigenvalue weighted by atomic mass is 79.9. The third kappa shape index (κ3) is 5.95. The van der Waals surface area contributed by atoms with Crippen LogP contribution in [0, 0.1) is 11.8 Å². The number of nitrogens with zero attached hydrogens (tertiary/aromatic N) is 1. The predicted molar refractivity (Wildman–Crippen MR) is 101 cm³/mol. The average Bonchev–Trinajstić information content (AvgIpc) is 2.37. The van der Waals surface area contributed by atoms with Crippen molar-refractivity contribution < 1.29 is 0 Å². The number of halogens is 1. The molecule has 0 fully saturated rings. The fourth-order valence-electron chi connectivity index (χ4n) is 2.20. The molecule has 4 heteroatoms. The van der Waals surface area contributed by atoms with Gasteiger partial charge in [0.25, 0.3) is 0 Å². The molecule has 0 aliphatic rings. The summed E-state index contributed by atoms with van der Waals surface area (Å²) in [5.74, 6) is 1.37. The molecule has 0 heterocycles. The molecule has 2 N–H and O–H groups in total. The Bertz CT molecular complexity index is 460. The predicted octanol–water partition coefficient (Wildman–Crippen LogP) is 4.98. The van der Waals surface area contributed by atoms with Crippen LogP contribution in [0.2, 0.25) is 0 Å². The smallest absolute Gasteiger partial charge is 0.107 e. The van der Waals surface area contributed by atoms with Crippen LogP contribution in [-0.4, -0.2) is 18.1 Å². The van der Waals surface area contributed by atoms with Crippen molar-refractivity contribution in [3.05, 3.63) is 28.2 Å². The van der Waals surface area contributed by atoms with Gasteiger partial charge in [0.1, 0.15) is 4.99 Å². The molecule has 0 unspecified atom stereocenters. The van der Waals surface area contributed by atoms with Gasteiger partial charge in [-0.2, -0.15) is 0 Å². The van der Waals surface area contributed by atoms with Crippen molar-refractivity contribution in [3.63, 3.8) is 0 Å². The molecule has 0 bridgehead atoms. The largest absolute Gasteiger partial charge is 0.389 e. The molecular formula is C17H27BrN2S. The van der Waals surface area contributed by atoms with E-state index in [2.05, 4.69) is 60.7 Å². The Morgan fingerprint density at radius 3 is 2.10 bits per heavy atom. The maximum Gasteiger partial charge on any atom is 0.107 e. The highest BCUT2D eigenvalue weighted by molar-refractivity contribution is 9.10. The highest BCUT2D eigenvalue weighted by Crippen LogP contribution is 2.29. The zero-order chi connectivity index (χ0) is 16.0. The fourth-order valence-corrected chi connectivity index (χ4v) is 3.12. The first-order chi connectivity index (χ1) is 9.82. The number of anilines is 1. The van der Waals surface area contributed by atoms with Crippen molar-refractivity contribution in [3.8, 4) is 0 Å². The molecule has 118 valence electrons. The van der Waals surface area contributed by atoms with Gasteiger partial charge in [0.15, 0.2) is 0 Å². The van der Waals surface area contributed by atoms with Crippen LogP contribution >= 0.6 is 28.1 Å². The summed E-state index contributed by atoms with van der Waals surface area (Å²) in [6, 6.07) is 6.18. The third-order valence-electron chi connectivity index (χ3n) is 3.53. The normalized spacial score (nSPS) is 11.2. The fraction of sp³-hybridized carbons (Fsp3) is 0.588. The van der Waals surface area contributed by atoms with Crippen molar-refractivity contribution in [2.45, 2.75) is 40.5 Å². The first-order valence-electron chi connectivity index (χ1n) is 7.66. The van der Waals surface area contributed by atoms with Gasteiger partial charge in [-0.15, -0.1) is 0 Å². The van der Waals surface area contributed by atoms with Gasteiger partial charge in [-0.3, -0.25) is 0 Å². The Kier molecular flexibility index (Phi) is 7.67. The van der Waals surface area contributed by atoms with E-state index >= 15 is 0 Å². The number of benzene rings is 1. The van der Waals surface area contributed by atoms with Gasteiger partial charge in [0, 0.05) is 28.8 Å². The zero-order valence-corrected chi connectivity index (χ0v) is 15.9. The summed E-state index contributed by atoms with van der Waals surface area (Å²) in [5, 5.41) is 0. The summed E-state index contributed by atoms with van der Waals surface area (Å²) in [5.41, 5.74) is 8.05. The van der Waals surface area contributed by atoms with Crippen LogP contribution in [0.1, 0.15) is 46.1 Å².